The molecule has 1 saturated heterocycles. The Morgan fingerprint density at radius 3 is 2.39 bits per heavy atom. The van der Waals surface area contributed by atoms with Gasteiger partial charge in [-0.1, -0.05) is 6.07 Å². The summed E-state index contributed by atoms with van der Waals surface area (Å²) in [5.41, 5.74) is 1.32. The number of aryl methyl sites for hydroxylation is 1. The summed E-state index contributed by atoms with van der Waals surface area (Å²) in [5.74, 6) is 2.76. The summed E-state index contributed by atoms with van der Waals surface area (Å²) in [4.78, 5) is 11.9. The predicted octanol–water partition coefficient (Wildman–Crippen LogP) is 4.45. The second kappa shape index (κ2) is 9.81. The van der Waals surface area contributed by atoms with Crippen molar-refractivity contribution in [3.63, 3.8) is 0 Å². The number of rotatable bonds is 7. The van der Waals surface area contributed by atoms with Gasteiger partial charge >= 0.3 is 0 Å². The molecule has 2 aromatic carbocycles. The maximum Gasteiger partial charge on any atom is 0.250 e. The zero-order valence-electron chi connectivity index (χ0n) is 19.5. The molecule has 0 amide bonds. The number of nitrogens with one attached hydrogen (secondary N) is 1. The number of hydrogen-bond acceptors (Lipinski definition) is 5. The van der Waals surface area contributed by atoms with Crippen molar-refractivity contribution in [1.82, 2.24) is 9.88 Å². The molecule has 0 aliphatic carbocycles. The number of ether oxygens (including phenoxy) is 2. The molecule has 0 saturated carbocycles. The van der Waals surface area contributed by atoms with Crippen LogP contribution in [0.15, 0.2) is 65.6 Å². The van der Waals surface area contributed by atoms with Crippen molar-refractivity contribution in [2.45, 2.75) is 32.3 Å². The van der Waals surface area contributed by atoms with Crippen LogP contribution in [0.4, 0.5) is 0 Å². The highest BCUT2D eigenvalue weighted by Crippen LogP contribution is 2.36. The normalized spacial score (nSPS) is 14.8. The second-order valence-electron chi connectivity index (χ2n) is 9.21. The highest BCUT2D eigenvalue weighted by Gasteiger charge is 2.19. The highest BCUT2D eigenvalue weighted by atomic mass is 16.5. The van der Waals surface area contributed by atoms with Crippen molar-refractivity contribution >= 4 is 0 Å². The zero-order valence-corrected chi connectivity index (χ0v) is 19.5. The number of aliphatic hydroxyl groups is 1. The average molecular weight is 449 g/mol. The van der Waals surface area contributed by atoms with Crippen LogP contribution in [0.5, 0.6) is 17.2 Å². The Hall–Kier alpha value is -3.09. The van der Waals surface area contributed by atoms with Crippen LogP contribution in [-0.4, -0.2) is 29.4 Å². The van der Waals surface area contributed by atoms with Crippen molar-refractivity contribution in [3.05, 3.63) is 76.7 Å². The molecule has 0 radical (unpaired) electrons. The number of pyridine rings is 1. The molecule has 0 spiro atoms. The third-order valence-corrected chi connectivity index (χ3v) is 6.08. The maximum absolute atomic E-state index is 11.9. The van der Waals surface area contributed by atoms with Gasteiger partial charge in [0.05, 0.1) is 12.2 Å². The Morgan fingerprint density at radius 2 is 1.73 bits per heavy atom. The topological polar surface area (TPSA) is 72.7 Å². The van der Waals surface area contributed by atoms with E-state index < -0.39 is 5.60 Å². The van der Waals surface area contributed by atoms with Gasteiger partial charge in [0.15, 0.2) is 0 Å². The van der Waals surface area contributed by atoms with Crippen molar-refractivity contribution in [2.24, 2.45) is 13.0 Å². The van der Waals surface area contributed by atoms with E-state index in [0.717, 1.165) is 55.0 Å². The minimum absolute atomic E-state index is 0.0834. The molecule has 1 aromatic heterocycles. The molecule has 2 N–H and O–H groups in total. The summed E-state index contributed by atoms with van der Waals surface area (Å²) < 4.78 is 13.7. The monoisotopic (exact) mass is 448 g/mol. The van der Waals surface area contributed by atoms with Crippen LogP contribution in [-0.2, 0) is 12.6 Å². The Bertz CT molecular complexity index is 1140. The molecule has 1 aliphatic rings. The Labute approximate surface area is 194 Å². The van der Waals surface area contributed by atoms with E-state index in [9.17, 15) is 9.90 Å². The van der Waals surface area contributed by atoms with Crippen LogP contribution in [0.2, 0.25) is 0 Å². The first-order valence-electron chi connectivity index (χ1n) is 11.4. The minimum atomic E-state index is -0.999. The highest BCUT2D eigenvalue weighted by molar-refractivity contribution is 5.71. The van der Waals surface area contributed by atoms with E-state index in [1.165, 1.54) is 10.6 Å². The van der Waals surface area contributed by atoms with Crippen LogP contribution in [0.25, 0.3) is 11.1 Å². The predicted molar refractivity (Wildman–Crippen MR) is 130 cm³/mol. The lowest BCUT2D eigenvalue weighted by Gasteiger charge is -2.22. The molecule has 0 unspecified atom stereocenters. The molecule has 6 nitrogen and oxygen atoms in total. The number of piperidine rings is 1. The van der Waals surface area contributed by atoms with E-state index in [2.05, 4.69) is 5.32 Å². The fraction of sp³-hybridized carbons (Fsp3) is 0.370. The van der Waals surface area contributed by atoms with E-state index >= 15 is 0 Å². The summed E-state index contributed by atoms with van der Waals surface area (Å²) in [6.07, 6.45) is 4.07. The van der Waals surface area contributed by atoms with Gasteiger partial charge in [0.1, 0.15) is 17.2 Å². The molecule has 1 aliphatic heterocycles. The van der Waals surface area contributed by atoms with Gasteiger partial charge in [-0.3, -0.25) is 4.79 Å². The summed E-state index contributed by atoms with van der Waals surface area (Å²) in [6, 6.07) is 16.6. The Kier molecular flexibility index (Phi) is 6.86. The van der Waals surface area contributed by atoms with E-state index in [4.69, 9.17) is 9.47 Å². The first-order valence-corrected chi connectivity index (χ1v) is 11.4. The molecule has 0 atom stereocenters. The Morgan fingerprint density at radius 1 is 1.03 bits per heavy atom. The van der Waals surface area contributed by atoms with Crippen molar-refractivity contribution in [2.75, 3.05) is 19.7 Å². The van der Waals surface area contributed by atoms with E-state index in [1.807, 2.05) is 42.5 Å². The molecule has 1 fully saturated rings. The molecular weight excluding hydrogens is 416 g/mol. The van der Waals surface area contributed by atoms with Crippen LogP contribution >= 0.6 is 0 Å². The van der Waals surface area contributed by atoms with Crippen molar-refractivity contribution < 1.29 is 14.6 Å². The largest absolute Gasteiger partial charge is 0.493 e. The first kappa shape index (κ1) is 23.1. The van der Waals surface area contributed by atoms with Gasteiger partial charge < -0.3 is 24.5 Å². The van der Waals surface area contributed by atoms with Crippen LogP contribution in [0.1, 0.15) is 32.3 Å². The van der Waals surface area contributed by atoms with Gasteiger partial charge in [-0.05, 0) is 93.7 Å². The summed E-state index contributed by atoms with van der Waals surface area (Å²) >= 11 is 0. The third kappa shape index (κ3) is 5.83. The van der Waals surface area contributed by atoms with E-state index in [-0.39, 0.29) is 5.56 Å². The minimum Gasteiger partial charge on any atom is -0.493 e. The van der Waals surface area contributed by atoms with Gasteiger partial charge in [0.2, 0.25) is 5.56 Å². The van der Waals surface area contributed by atoms with Gasteiger partial charge in [-0.15, -0.1) is 0 Å². The molecule has 174 valence electrons. The maximum atomic E-state index is 11.9. The molecule has 4 rings (SSSR count). The summed E-state index contributed by atoms with van der Waals surface area (Å²) in [5, 5.41) is 13.9. The molecule has 0 bridgehead atoms. The summed E-state index contributed by atoms with van der Waals surface area (Å²) in [6.45, 7) is 6.35. The lowest BCUT2D eigenvalue weighted by molar-refractivity contribution is 0.0786. The van der Waals surface area contributed by atoms with Gasteiger partial charge in [0, 0.05) is 30.4 Å². The van der Waals surface area contributed by atoms with Gasteiger partial charge in [-0.25, -0.2) is 0 Å². The first-order chi connectivity index (χ1) is 15.8. The van der Waals surface area contributed by atoms with Crippen LogP contribution in [0, 0.1) is 5.92 Å². The van der Waals surface area contributed by atoms with Crippen LogP contribution in [0.3, 0.4) is 0 Å². The fourth-order valence-corrected chi connectivity index (χ4v) is 3.97. The third-order valence-electron chi connectivity index (χ3n) is 6.08. The Balaban J connectivity index is 1.55. The number of hydrogen-bond donors (Lipinski definition) is 2. The van der Waals surface area contributed by atoms with Gasteiger partial charge in [-0.2, -0.15) is 0 Å². The standard InChI is InChI=1S/C27H32N2O4/c1-27(2,31)21-5-10-25(24(16-21)20-4-11-26(30)29(3)17-20)33-23-8-6-22(7-9-23)32-18-19-12-14-28-15-13-19/h4-11,16-17,19,28,31H,12-15,18H2,1-3H3. The van der Waals surface area contributed by atoms with E-state index in [1.54, 1.807) is 33.2 Å². The molecular formula is C27H32N2O4. The second-order valence-corrected chi connectivity index (χ2v) is 9.21. The molecule has 2 heterocycles. The fourth-order valence-electron chi connectivity index (χ4n) is 3.97. The van der Waals surface area contributed by atoms with E-state index in [0.29, 0.717) is 17.4 Å². The SMILES string of the molecule is Cn1cc(-c2cc(C(C)(C)O)ccc2Oc2ccc(OCC3CCNCC3)cc2)ccc1=O. The quantitative estimate of drug-likeness (QED) is 0.559. The lowest BCUT2D eigenvalue weighted by atomic mass is 9.94. The number of benzene rings is 2. The zero-order chi connectivity index (χ0) is 23.4. The van der Waals surface area contributed by atoms with Gasteiger partial charge in [0.25, 0.3) is 0 Å². The van der Waals surface area contributed by atoms with Crippen LogP contribution < -0.4 is 20.3 Å². The van der Waals surface area contributed by atoms with Crippen molar-refractivity contribution in [3.8, 4) is 28.4 Å². The molecule has 33 heavy (non-hydrogen) atoms. The lowest BCUT2D eigenvalue weighted by Crippen LogP contribution is -2.30. The molecule has 3 aromatic rings. The number of aromatic nitrogens is 1. The smallest absolute Gasteiger partial charge is 0.250 e. The summed E-state index contributed by atoms with van der Waals surface area (Å²) in [7, 11) is 1.72. The average Bonchev–Trinajstić information content (AvgIpc) is 2.81. The van der Waals surface area contributed by atoms with Crippen molar-refractivity contribution in [1.29, 1.82) is 0 Å². The molecule has 6 heteroatoms. The number of nitrogens with zero attached hydrogens (tertiary/aromatic N) is 1.